The van der Waals surface area contributed by atoms with Gasteiger partial charge in [-0.05, 0) is 13.3 Å². The summed E-state index contributed by atoms with van der Waals surface area (Å²) in [6.07, 6.45) is -3.48. The molecule has 0 aromatic rings. The molecule has 0 aromatic carbocycles. The number of ether oxygens (including phenoxy) is 1. The van der Waals surface area contributed by atoms with Gasteiger partial charge in [-0.15, -0.1) is 0 Å². The van der Waals surface area contributed by atoms with Crippen molar-refractivity contribution in [2.75, 3.05) is 39.4 Å². The molecule has 2 heterocycles. The average Bonchev–Trinajstić information content (AvgIpc) is 2.77. The van der Waals surface area contributed by atoms with Crippen LogP contribution in [0.1, 0.15) is 13.3 Å². The van der Waals surface area contributed by atoms with Crippen LogP contribution in [-0.2, 0) is 4.74 Å². The van der Waals surface area contributed by atoms with E-state index in [0.29, 0.717) is 26.3 Å². The Hall–Kier alpha value is -0.370. The SMILES string of the molecule is CC(N)C(N1CCC(N2CCOCC2)C1)C(F)(F)F. The highest BCUT2D eigenvalue weighted by Gasteiger charge is 2.48. The topological polar surface area (TPSA) is 41.7 Å². The van der Waals surface area contributed by atoms with E-state index in [0.717, 1.165) is 19.5 Å². The lowest BCUT2D eigenvalue weighted by atomic mass is 10.1. The Bertz CT molecular complexity index is 292. The predicted molar refractivity (Wildman–Crippen MR) is 65.9 cm³/mol. The number of halogens is 3. The molecule has 2 N–H and O–H groups in total. The van der Waals surface area contributed by atoms with Gasteiger partial charge in [-0.25, -0.2) is 0 Å². The summed E-state index contributed by atoms with van der Waals surface area (Å²) in [6.45, 7) is 5.32. The van der Waals surface area contributed by atoms with Crippen LogP contribution < -0.4 is 5.73 Å². The molecule has 112 valence electrons. The van der Waals surface area contributed by atoms with Crippen molar-refractivity contribution in [3.63, 3.8) is 0 Å². The van der Waals surface area contributed by atoms with Crippen molar-refractivity contribution >= 4 is 0 Å². The van der Waals surface area contributed by atoms with Gasteiger partial charge in [-0.2, -0.15) is 13.2 Å². The fraction of sp³-hybridized carbons (Fsp3) is 1.00. The van der Waals surface area contributed by atoms with Gasteiger partial charge in [0, 0.05) is 38.3 Å². The first-order valence-corrected chi connectivity index (χ1v) is 6.77. The lowest BCUT2D eigenvalue weighted by Crippen LogP contribution is -2.55. The molecule has 2 rings (SSSR count). The molecule has 2 aliphatic heterocycles. The Morgan fingerprint density at radius 2 is 1.84 bits per heavy atom. The van der Waals surface area contributed by atoms with Crippen molar-refractivity contribution < 1.29 is 17.9 Å². The molecule has 0 aromatic heterocycles. The van der Waals surface area contributed by atoms with E-state index in [1.807, 2.05) is 0 Å². The van der Waals surface area contributed by atoms with E-state index in [1.54, 1.807) is 0 Å². The highest BCUT2D eigenvalue weighted by Crippen LogP contribution is 2.30. The molecule has 0 spiro atoms. The second kappa shape index (κ2) is 5.95. The summed E-state index contributed by atoms with van der Waals surface area (Å²) in [4.78, 5) is 3.73. The minimum atomic E-state index is -4.26. The number of morpholine rings is 1. The Kier molecular flexibility index (Phi) is 4.70. The van der Waals surface area contributed by atoms with Gasteiger partial charge < -0.3 is 10.5 Å². The van der Waals surface area contributed by atoms with Crippen molar-refractivity contribution in [3.8, 4) is 0 Å². The number of alkyl halides is 3. The molecule has 4 nitrogen and oxygen atoms in total. The monoisotopic (exact) mass is 281 g/mol. The lowest BCUT2D eigenvalue weighted by Gasteiger charge is -2.35. The molecule has 19 heavy (non-hydrogen) atoms. The molecule has 7 heteroatoms. The minimum absolute atomic E-state index is 0.201. The summed E-state index contributed by atoms with van der Waals surface area (Å²) in [5.41, 5.74) is 5.53. The fourth-order valence-electron chi connectivity index (χ4n) is 3.10. The van der Waals surface area contributed by atoms with Crippen LogP contribution in [0.25, 0.3) is 0 Å². The first kappa shape index (κ1) is 15.0. The van der Waals surface area contributed by atoms with E-state index >= 15 is 0 Å². The largest absolute Gasteiger partial charge is 0.405 e. The van der Waals surface area contributed by atoms with Crippen LogP contribution in [0.15, 0.2) is 0 Å². The van der Waals surface area contributed by atoms with Crippen LogP contribution in [0.5, 0.6) is 0 Å². The fourth-order valence-corrected chi connectivity index (χ4v) is 3.10. The van der Waals surface area contributed by atoms with Crippen LogP contribution in [0.4, 0.5) is 13.2 Å². The number of hydrogen-bond acceptors (Lipinski definition) is 4. The maximum Gasteiger partial charge on any atom is 0.405 e. The van der Waals surface area contributed by atoms with Crippen LogP contribution in [0, 0.1) is 0 Å². The summed E-state index contributed by atoms with van der Waals surface area (Å²) >= 11 is 0. The summed E-state index contributed by atoms with van der Waals surface area (Å²) in [7, 11) is 0. The molecule has 0 aliphatic carbocycles. The van der Waals surface area contributed by atoms with Gasteiger partial charge >= 0.3 is 6.18 Å². The molecule has 2 fully saturated rings. The average molecular weight is 281 g/mol. The second-order valence-corrected chi connectivity index (χ2v) is 5.43. The van der Waals surface area contributed by atoms with Gasteiger partial charge in [0.05, 0.1) is 13.2 Å². The summed E-state index contributed by atoms with van der Waals surface area (Å²) < 4.78 is 44.4. The van der Waals surface area contributed by atoms with Gasteiger partial charge in [0.15, 0.2) is 0 Å². The van der Waals surface area contributed by atoms with E-state index in [-0.39, 0.29) is 6.04 Å². The summed E-state index contributed by atoms with van der Waals surface area (Å²) in [6, 6.07) is -2.23. The molecular formula is C12H22F3N3O. The van der Waals surface area contributed by atoms with Crippen molar-refractivity contribution in [1.82, 2.24) is 9.80 Å². The number of hydrogen-bond donors (Lipinski definition) is 1. The van der Waals surface area contributed by atoms with Crippen molar-refractivity contribution in [1.29, 1.82) is 0 Å². The van der Waals surface area contributed by atoms with Crippen molar-refractivity contribution in [3.05, 3.63) is 0 Å². The minimum Gasteiger partial charge on any atom is -0.379 e. The van der Waals surface area contributed by atoms with E-state index in [1.165, 1.54) is 11.8 Å². The molecular weight excluding hydrogens is 259 g/mol. The van der Waals surface area contributed by atoms with Gasteiger partial charge in [0.2, 0.25) is 0 Å². The highest BCUT2D eigenvalue weighted by atomic mass is 19.4. The second-order valence-electron chi connectivity index (χ2n) is 5.43. The van der Waals surface area contributed by atoms with E-state index in [2.05, 4.69) is 4.90 Å². The van der Waals surface area contributed by atoms with Gasteiger partial charge in [0.1, 0.15) is 6.04 Å². The maximum absolute atomic E-state index is 13.0. The summed E-state index contributed by atoms with van der Waals surface area (Å²) in [5.74, 6) is 0. The first-order valence-electron chi connectivity index (χ1n) is 6.77. The van der Waals surface area contributed by atoms with Gasteiger partial charge in [-0.3, -0.25) is 9.80 Å². The van der Waals surface area contributed by atoms with Crippen molar-refractivity contribution in [2.45, 2.75) is 37.6 Å². The Labute approximate surface area is 111 Å². The summed E-state index contributed by atoms with van der Waals surface area (Å²) in [5, 5.41) is 0. The van der Waals surface area contributed by atoms with Crippen LogP contribution in [0.3, 0.4) is 0 Å². The van der Waals surface area contributed by atoms with Gasteiger partial charge in [-0.1, -0.05) is 0 Å². The molecule has 2 saturated heterocycles. The van der Waals surface area contributed by atoms with Crippen molar-refractivity contribution in [2.24, 2.45) is 5.73 Å². The predicted octanol–water partition coefficient (Wildman–Crippen LogP) is 0.671. The van der Waals surface area contributed by atoms with E-state index < -0.39 is 18.3 Å². The highest BCUT2D eigenvalue weighted by molar-refractivity contribution is 4.93. The zero-order chi connectivity index (χ0) is 14.0. The Morgan fingerprint density at radius 3 is 2.37 bits per heavy atom. The van der Waals surface area contributed by atoms with E-state index in [9.17, 15) is 13.2 Å². The molecule has 2 aliphatic rings. The number of rotatable bonds is 3. The van der Waals surface area contributed by atoms with E-state index in [4.69, 9.17) is 10.5 Å². The quantitative estimate of drug-likeness (QED) is 0.825. The lowest BCUT2D eigenvalue weighted by molar-refractivity contribution is -0.185. The van der Waals surface area contributed by atoms with Crippen LogP contribution >= 0.6 is 0 Å². The molecule has 0 saturated carbocycles. The molecule has 3 atom stereocenters. The Morgan fingerprint density at radius 1 is 1.21 bits per heavy atom. The smallest absolute Gasteiger partial charge is 0.379 e. The number of nitrogens with two attached hydrogens (primary N) is 1. The Balaban J connectivity index is 1.96. The molecule has 0 amide bonds. The standard InChI is InChI=1S/C12H22F3N3O/c1-9(16)11(12(13,14)15)18-3-2-10(8-18)17-4-6-19-7-5-17/h9-11H,2-8,16H2,1H3. The molecule has 0 bridgehead atoms. The third-order valence-corrected chi connectivity index (χ3v) is 3.98. The first-order chi connectivity index (χ1) is 8.89. The third kappa shape index (κ3) is 3.59. The normalized spacial score (nSPS) is 30.5. The van der Waals surface area contributed by atoms with Gasteiger partial charge in [0.25, 0.3) is 0 Å². The number of likely N-dealkylation sites (tertiary alicyclic amines) is 1. The maximum atomic E-state index is 13.0. The molecule has 0 radical (unpaired) electrons. The number of nitrogens with zero attached hydrogens (tertiary/aromatic N) is 2. The van der Waals surface area contributed by atoms with Crippen LogP contribution in [0.2, 0.25) is 0 Å². The van der Waals surface area contributed by atoms with Crippen LogP contribution in [-0.4, -0.2) is 73.5 Å². The zero-order valence-corrected chi connectivity index (χ0v) is 11.2. The third-order valence-electron chi connectivity index (χ3n) is 3.98. The zero-order valence-electron chi connectivity index (χ0n) is 11.2. The molecule has 3 unspecified atom stereocenters.